The summed E-state index contributed by atoms with van der Waals surface area (Å²) in [6.07, 6.45) is 2.06. The van der Waals surface area contributed by atoms with E-state index in [0.717, 1.165) is 33.2 Å². The monoisotopic (exact) mass is 687 g/mol. The molecular formula is C51H33N3. The normalized spacial score (nSPS) is 11.7. The molecule has 8 aromatic carbocycles. The molecule has 0 atom stereocenters. The minimum atomic E-state index is 0.990. The van der Waals surface area contributed by atoms with E-state index in [1.807, 2.05) is 0 Å². The molecule has 0 unspecified atom stereocenters. The number of pyridine rings is 1. The zero-order chi connectivity index (χ0) is 35.6. The predicted molar refractivity (Wildman–Crippen MR) is 227 cm³/mol. The zero-order valence-electron chi connectivity index (χ0n) is 29.4. The lowest BCUT2D eigenvalue weighted by Gasteiger charge is -2.12. The number of aromatic nitrogens is 3. The van der Waals surface area contributed by atoms with Gasteiger partial charge in [-0.1, -0.05) is 133 Å². The molecule has 0 aliphatic heterocycles. The Morgan fingerprint density at radius 2 is 0.778 bits per heavy atom. The summed E-state index contributed by atoms with van der Waals surface area (Å²) in [5, 5.41) is 5.95. The Morgan fingerprint density at radius 1 is 0.296 bits per heavy atom. The average Bonchev–Trinajstić information content (AvgIpc) is 3.77. The van der Waals surface area contributed by atoms with E-state index in [-0.39, 0.29) is 0 Å². The van der Waals surface area contributed by atoms with Crippen LogP contribution in [0.1, 0.15) is 0 Å². The van der Waals surface area contributed by atoms with Crippen molar-refractivity contribution < 1.29 is 0 Å². The number of nitrogens with zero attached hydrogens (tertiary/aromatic N) is 3. The standard InChI is InChI=1S/C51H33N3/c1-3-13-34(14-4-1)36-17-11-19-40(29-36)53-48-24-10-8-21-42(48)44-31-38(25-27-49(44)53)39-26-28-50-45(32-39)46-33-52-47-23-9-7-22-43(47)51(46)54(50)41-20-12-18-37(30-41)35-15-5-2-6-16-35/h1-33H. The highest BCUT2D eigenvalue weighted by Gasteiger charge is 2.18. The fourth-order valence-electron chi connectivity index (χ4n) is 8.42. The molecule has 0 saturated carbocycles. The number of para-hydroxylation sites is 2. The van der Waals surface area contributed by atoms with Gasteiger partial charge in [0.25, 0.3) is 0 Å². The van der Waals surface area contributed by atoms with Crippen molar-refractivity contribution in [2.24, 2.45) is 0 Å². The van der Waals surface area contributed by atoms with Crippen LogP contribution in [-0.2, 0) is 0 Å². The fourth-order valence-corrected chi connectivity index (χ4v) is 8.42. The second kappa shape index (κ2) is 12.2. The number of benzene rings is 8. The van der Waals surface area contributed by atoms with Gasteiger partial charge in [0.2, 0.25) is 0 Å². The summed E-state index contributed by atoms with van der Waals surface area (Å²) in [6, 6.07) is 70.0. The van der Waals surface area contributed by atoms with Gasteiger partial charge in [0.15, 0.2) is 0 Å². The molecule has 0 amide bonds. The van der Waals surface area contributed by atoms with Gasteiger partial charge in [-0.15, -0.1) is 0 Å². The summed E-state index contributed by atoms with van der Waals surface area (Å²) in [5.41, 5.74) is 15.2. The molecule has 0 radical (unpaired) electrons. The van der Waals surface area contributed by atoms with Gasteiger partial charge in [-0.25, -0.2) is 0 Å². The first-order valence-corrected chi connectivity index (χ1v) is 18.5. The highest BCUT2D eigenvalue weighted by molar-refractivity contribution is 6.18. The second-order valence-electron chi connectivity index (χ2n) is 14.0. The van der Waals surface area contributed by atoms with Crippen molar-refractivity contribution in [1.82, 2.24) is 14.1 Å². The van der Waals surface area contributed by atoms with Crippen molar-refractivity contribution in [3.63, 3.8) is 0 Å². The summed E-state index contributed by atoms with van der Waals surface area (Å²) in [6.45, 7) is 0. The summed E-state index contributed by atoms with van der Waals surface area (Å²) in [7, 11) is 0. The van der Waals surface area contributed by atoms with Crippen molar-refractivity contribution in [1.29, 1.82) is 0 Å². The van der Waals surface area contributed by atoms with Crippen LogP contribution >= 0.6 is 0 Å². The van der Waals surface area contributed by atoms with Crippen LogP contribution in [0.15, 0.2) is 200 Å². The van der Waals surface area contributed by atoms with E-state index in [0.29, 0.717) is 0 Å². The molecule has 3 aromatic heterocycles. The Balaban J connectivity index is 1.10. The molecular weight excluding hydrogens is 655 g/mol. The van der Waals surface area contributed by atoms with Crippen molar-refractivity contribution in [2.45, 2.75) is 0 Å². The lowest BCUT2D eigenvalue weighted by Crippen LogP contribution is -1.95. The molecule has 0 saturated heterocycles. The predicted octanol–water partition coefficient (Wildman–Crippen LogP) is 13.4. The molecule has 0 aliphatic carbocycles. The first kappa shape index (κ1) is 30.4. The smallest absolute Gasteiger partial charge is 0.0723 e. The van der Waals surface area contributed by atoms with Gasteiger partial charge in [0.05, 0.1) is 27.6 Å². The van der Waals surface area contributed by atoms with E-state index in [1.54, 1.807) is 0 Å². The summed E-state index contributed by atoms with van der Waals surface area (Å²) >= 11 is 0. The summed E-state index contributed by atoms with van der Waals surface area (Å²) in [4.78, 5) is 4.95. The van der Waals surface area contributed by atoms with Crippen molar-refractivity contribution in [2.75, 3.05) is 0 Å². The van der Waals surface area contributed by atoms with Crippen LogP contribution in [0.2, 0.25) is 0 Å². The Bertz CT molecular complexity index is 3210. The molecule has 11 aromatic rings. The summed E-state index contributed by atoms with van der Waals surface area (Å²) < 4.78 is 4.82. The third-order valence-electron chi connectivity index (χ3n) is 10.9. The van der Waals surface area contributed by atoms with Crippen LogP contribution in [0.5, 0.6) is 0 Å². The Kier molecular flexibility index (Phi) is 6.86. The van der Waals surface area contributed by atoms with Crippen LogP contribution < -0.4 is 0 Å². The highest BCUT2D eigenvalue weighted by atomic mass is 15.0. The first-order valence-electron chi connectivity index (χ1n) is 18.5. The molecule has 11 rings (SSSR count). The largest absolute Gasteiger partial charge is 0.309 e. The van der Waals surface area contributed by atoms with Gasteiger partial charge < -0.3 is 9.13 Å². The molecule has 0 N–H and O–H groups in total. The maximum atomic E-state index is 4.95. The van der Waals surface area contributed by atoms with Crippen LogP contribution in [0.3, 0.4) is 0 Å². The molecule has 3 nitrogen and oxygen atoms in total. The molecule has 0 fully saturated rings. The molecule has 3 heterocycles. The molecule has 0 spiro atoms. The lowest BCUT2D eigenvalue weighted by atomic mass is 10.0. The summed E-state index contributed by atoms with van der Waals surface area (Å²) in [5.74, 6) is 0. The minimum absolute atomic E-state index is 0.990. The van der Waals surface area contributed by atoms with Crippen molar-refractivity contribution in [3.8, 4) is 44.8 Å². The molecule has 3 heteroatoms. The SMILES string of the molecule is c1ccc(-c2cccc(-n3c4ccccc4c4cc(-c5ccc6c(c5)c5cnc7ccccc7c5n6-c5cccc(-c6ccccc6)c5)ccc43)c2)cc1. The first-order chi connectivity index (χ1) is 26.8. The van der Waals surface area contributed by atoms with Gasteiger partial charge in [-0.05, 0) is 94.0 Å². The Hall–Kier alpha value is -7.23. The van der Waals surface area contributed by atoms with Crippen LogP contribution in [0.4, 0.5) is 0 Å². The van der Waals surface area contributed by atoms with Crippen LogP contribution in [0, 0.1) is 0 Å². The lowest BCUT2D eigenvalue weighted by molar-refractivity contribution is 1.18. The van der Waals surface area contributed by atoms with Gasteiger partial charge in [0, 0.05) is 44.5 Å². The van der Waals surface area contributed by atoms with E-state index in [2.05, 4.69) is 209 Å². The van der Waals surface area contributed by atoms with E-state index >= 15 is 0 Å². The van der Waals surface area contributed by atoms with E-state index < -0.39 is 0 Å². The Morgan fingerprint density at radius 3 is 1.44 bits per heavy atom. The quantitative estimate of drug-likeness (QED) is 0.177. The minimum Gasteiger partial charge on any atom is -0.309 e. The number of fused-ring (bicyclic) bond motifs is 8. The zero-order valence-corrected chi connectivity index (χ0v) is 29.4. The second-order valence-corrected chi connectivity index (χ2v) is 14.0. The van der Waals surface area contributed by atoms with E-state index in [4.69, 9.17) is 4.98 Å². The van der Waals surface area contributed by atoms with E-state index in [9.17, 15) is 0 Å². The van der Waals surface area contributed by atoms with E-state index in [1.165, 1.54) is 66.1 Å². The van der Waals surface area contributed by atoms with Crippen molar-refractivity contribution in [3.05, 3.63) is 200 Å². The van der Waals surface area contributed by atoms with Gasteiger partial charge >= 0.3 is 0 Å². The molecule has 0 bridgehead atoms. The fraction of sp³-hybridized carbons (Fsp3) is 0. The maximum absolute atomic E-state index is 4.95. The highest BCUT2D eigenvalue weighted by Crippen LogP contribution is 2.40. The Labute approximate surface area is 312 Å². The average molecular weight is 688 g/mol. The molecule has 54 heavy (non-hydrogen) atoms. The third-order valence-corrected chi connectivity index (χ3v) is 10.9. The van der Waals surface area contributed by atoms with Gasteiger partial charge in [-0.3, -0.25) is 4.98 Å². The van der Waals surface area contributed by atoms with Crippen LogP contribution in [-0.4, -0.2) is 14.1 Å². The number of rotatable bonds is 5. The number of hydrogen-bond donors (Lipinski definition) is 0. The maximum Gasteiger partial charge on any atom is 0.0723 e. The van der Waals surface area contributed by atoms with Crippen molar-refractivity contribution >= 4 is 54.5 Å². The molecule has 252 valence electrons. The number of hydrogen-bond acceptors (Lipinski definition) is 1. The topological polar surface area (TPSA) is 22.8 Å². The van der Waals surface area contributed by atoms with Gasteiger partial charge in [-0.2, -0.15) is 0 Å². The third kappa shape index (κ3) is 4.79. The van der Waals surface area contributed by atoms with Crippen LogP contribution in [0.25, 0.3) is 99.3 Å². The van der Waals surface area contributed by atoms with Gasteiger partial charge in [0.1, 0.15) is 0 Å². The molecule has 0 aliphatic rings.